The van der Waals surface area contributed by atoms with Crippen LogP contribution in [-0.4, -0.2) is 30.2 Å². The van der Waals surface area contributed by atoms with Crippen molar-refractivity contribution in [2.75, 3.05) is 23.8 Å². The molecule has 0 heterocycles. The molecule has 0 aliphatic rings. The lowest BCUT2D eigenvalue weighted by Crippen LogP contribution is -2.20. The van der Waals surface area contributed by atoms with Crippen LogP contribution in [0.15, 0.2) is 54.6 Å². The number of hydrogen-bond acceptors (Lipinski definition) is 5. The number of carbonyl (C=O) groups excluding carboxylic acids is 1. The first-order valence-corrected chi connectivity index (χ1v) is 11.2. The summed E-state index contributed by atoms with van der Waals surface area (Å²) < 4.78 is 11.4. The third-order valence-electron chi connectivity index (χ3n) is 5.10. The van der Waals surface area contributed by atoms with Gasteiger partial charge in [-0.2, -0.15) is 0 Å². The minimum atomic E-state index is -0.976. The van der Waals surface area contributed by atoms with Gasteiger partial charge >= 0.3 is 5.97 Å². The molecular formula is C26H27ClN2O5. The van der Waals surface area contributed by atoms with Crippen LogP contribution < -0.4 is 20.1 Å². The van der Waals surface area contributed by atoms with Crippen molar-refractivity contribution in [3.63, 3.8) is 0 Å². The average Bonchev–Trinajstić information content (AvgIpc) is 2.79. The van der Waals surface area contributed by atoms with Gasteiger partial charge in [0.15, 0.2) is 18.1 Å². The van der Waals surface area contributed by atoms with Crippen molar-refractivity contribution < 1.29 is 24.2 Å². The normalized spacial score (nSPS) is 10.5. The Labute approximate surface area is 203 Å². The summed E-state index contributed by atoms with van der Waals surface area (Å²) in [5.41, 5.74) is 4.18. The first-order chi connectivity index (χ1) is 16.3. The van der Waals surface area contributed by atoms with Gasteiger partial charge in [-0.25, -0.2) is 4.79 Å². The largest absolute Gasteiger partial charge is 0.490 e. The molecule has 34 heavy (non-hydrogen) atoms. The summed E-state index contributed by atoms with van der Waals surface area (Å²) in [6, 6.07) is 16.0. The average molecular weight is 483 g/mol. The van der Waals surface area contributed by atoms with Crippen LogP contribution in [0.25, 0.3) is 0 Å². The first-order valence-electron chi connectivity index (χ1n) is 10.8. The number of anilines is 2. The van der Waals surface area contributed by atoms with Gasteiger partial charge in [-0.1, -0.05) is 35.4 Å². The number of halogens is 1. The molecule has 3 aromatic carbocycles. The number of carbonyl (C=O) groups is 2. The van der Waals surface area contributed by atoms with Crippen molar-refractivity contribution >= 4 is 34.9 Å². The van der Waals surface area contributed by atoms with Gasteiger partial charge in [0.2, 0.25) is 0 Å². The topological polar surface area (TPSA) is 96.9 Å². The van der Waals surface area contributed by atoms with Gasteiger partial charge < -0.3 is 25.2 Å². The molecule has 0 saturated carbocycles. The molecule has 0 aromatic heterocycles. The Morgan fingerprint density at radius 3 is 2.44 bits per heavy atom. The molecule has 0 spiro atoms. The summed E-state index contributed by atoms with van der Waals surface area (Å²) in [5, 5.41) is 15.6. The quantitative estimate of drug-likeness (QED) is 0.344. The predicted molar refractivity (Wildman–Crippen MR) is 133 cm³/mol. The molecule has 0 fully saturated rings. The van der Waals surface area contributed by atoms with Crippen LogP contribution in [0.2, 0.25) is 5.02 Å². The molecule has 178 valence electrons. The fourth-order valence-electron chi connectivity index (χ4n) is 3.35. The lowest BCUT2D eigenvalue weighted by atomic mass is 10.1. The standard InChI is InChI=1S/C26H27ClN2O5/c1-4-33-23-13-18(14-28-22-7-5-6-20(17(22)3)26(31)32)12-21(27)25(23)34-15-24(30)29-19-10-8-16(2)9-11-19/h5-13,28H,4,14-15H2,1-3H3,(H,29,30)(H,31,32). The SMILES string of the molecule is CCOc1cc(CNc2cccc(C(=O)O)c2C)cc(Cl)c1OCC(=O)Nc1ccc(C)cc1. The molecule has 3 rings (SSSR count). The van der Waals surface area contributed by atoms with E-state index in [-0.39, 0.29) is 23.8 Å². The number of aromatic carboxylic acids is 1. The number of ether oxygens (including phenoxy) is 2. The van der Waals surface area contributed by atoms with Crippen molar-refractivity contribution in [1.82, 2.24) is 0 Å². The van der Waals surface area contributed by atoms with Gasteiger partial charge in [-0.15, -0.1) is 0 Å². The summed E-state index contributed by atoms with van der Waals surface area (Å²) in [5.74, 6) is -0.584. The minimum Gasteiger partial charge on any atom is -0.490 e. The van der Waals surface area contributed by atoms with Crippen molar-refractivity contribution in [2.24, 2.45) is 0 Å². The van der Waals surface area contributed by atoms with E-state index in [1.54, 1.807) is 31.2 Å². The Balaban J connectivity index is 1.70. The second kappa shape index (κ2) is 11.4. The number of carboxylic acids is 1. The van der Waals surface area contributed by atoms with E-state index in [4.69, 9.17) is 21.1 Å². The van der Waals surface area contributed by atoms with Crippen molar-refractivity contribution in [2.45, 2.75) is 27.3 Å². The minimum absolute atomic E-state index is 0.230. The van der Waals surface area contributed by atoms with Gasteiger partial charge in [0.25, 0.3) is 5.91 Å². The molecule has 1 amide bonds. The monoisotopic (exact) mass is 482 g/mol. The van der Waals surface area contributed by atoms with Gasteiger partial charge in [0, 0.05) is 17.9 Å². The molecule has 0 aliphatic heterocycles. The summed E-state index contributed by atoms with van der Waals surface area (Å²) >= 11 is 6.47. The summed E-state index contributed by atoms with van der Waals surface area (Å²) in [6.07, 6.45) is 0. The van der Waals surface area contributed by atoms with E-state index in [2.05, 4.69) is 10.6 Å². The molecule has 7 nitrogen and oxygen atoms in total. The summed E-state index contributed by atoms with van der Waals surface area (Å²) in [6.45, 7) is 6.11. The highest BCUT2D eigenvalue weighted by Gasteiger charge is 2.15. The van der Waals surface area contributed by atoms with Crippen LogP contribution in [0.5, 0.6) is 11.5 Å². The molecule has 0 aliphatic carbocycles. The van der Waals surface area contributed by atoms with E-state index in [9.17, 15) is 14.7 Å². The molecule has 3 N–H and O–H groups in total. The van der Waals surface area contributed by atoms with Crippen LogP contribution in [0.3, 0.4) is 0 Å². The number of carboxylic acid groups (broad SMARTS) is 1. The van der Waals surface area contributed by atoms with Crippen LogP contribution in [0.4, 0.5) is 11.4 Å². The highest BCUT2D eigenvalue weighted by Crippen LogP contribution is 2.37. The number of benzene rings is 3. The van der Waals surface area contributed by atoms with Gasteiger partial charge in [0.1, 0.15) is 0 Å². The molecule has 3 aromatic rings. The summed E-state index contributed by atoms with van der Waals surface area (Å²) in [4.78, 5) is 23.7. The number of amides is 1. The second-order valence-electron chi connectivity index (χ2n) is 7.68. The van der Waals surface area contributed by atoms with E-state index in [0.717, 1.165) is 11.1 Å². The number of rotatable bonds is 10. The molecule has 0 bridgehead atoms. The van der Waals surface area contributed by atoms with Crippen molar-refractivity contribution in [3.05, 3.63) is 81.9 Å². The second-order valence-corrected chi connectivity index (χ2v) is 8.08. The lowest BCUT2D eigenvalue weighted by molar-refractivity contribution is -0.118. The molecule has 8 heteroatoms. The zero-order valence-corrected chi connectivity index (χ0v) is 20.0. The number of aryl methyl sites for hydroxylation is 1. The Morgan fingerprint density at radius 2 is 1.76 bits per heavy atom. The van der Waals surface area contributed by atoms with E-state index >= 15 is 0 Å². The van der Waals surface area contributed by atoms with Gasteiger partial charge in [-0.3, -0.25) is 4.79 Å². The Bertz CT molecular complexity index is 1180. The zero-order chi connectivity index (χ0) is 24.7. The Morgan fingerprint density at radius 1 is 1.03 bits per heavy atom. The van der Waals surface area contributed by atoms with Crippen LogP contribution in [0.1, 0.15) is 34.0 Å². The molecule has 0 radical (unpaired) electrons. The Kier molecular flexibility index (Phi) is 8.38. The fraction of sp³-hybridized carbons (Fsp3) is 0.231. The van der Waals surface area contributed by atoms with E-state index in [0.29, 0.717) is 40.9 Å². The first kappa shape index (κ1) is 24.9. The molecular weight excluding hydrogens is 456 g/mol. The Hall–Kier alpha value is -3.71. The zero-order valence-electron chi connectivity index (χ0n) is 19.3. The van der Waals surface area contributed by atoms with Gasteiger partial charge in [0.05, 0.1) is 17.2 Å². The van der Waals surface area contributed by atoms with Gasteiger partial charge in [-0.05, 0) is 68.3 Å². The maximum Gasteiger partial charge on any atom is 0.336 e. The molecule has 0 atom stereocenters. The number of hydrogen-bond donors (Lipinski definition) is 3. The highest BCUT2D eigenvalue weighted by atomic mass is 35.5. The predicted octanol–water partition coefficient (Wildman–Crippen LogP) is 5.68. The molecule has 0 saturated heterocycles. The molecule has 0 unspecified atom stereocenters. The highest BCUT2D eigenvalue weighted by molar-refractivity contribution is 6.32. The van der Waals surface area contributed by atoms with Crippen molar-refractivity contribution in [3.8, 4) is 11.5 Å². The van der Waals surface area contributed by atoms with Crippen LogP contribution in [0, 0.1) is 13.8 Å². The van der Waals surface area contributed by atoms with E-state index in [1.165, 1.54) is 0 Å². The smallest absolute Gasteiger partial charge is 0.336 e. The van der Waals surface area contributed by atoms with Crippen LogP contribution >= 0.6 is 11.6 Å². The lowest BCUT2D eigenvalue weighted by Gasteiger charge is -2.16. The number of nitrogens with one attached hydrogen (secondary N) is 2. The summed E-state index contributed by atoms with van der Waals surface area (Å²) in [7, 11) is 0. The maximum atomic E-state index is 12.3. The van der Waals surface area contributed by atoms with Crippen LogP contribution in [-0.2, 0) is 11.3 Å². The third-order valence-corrected chi connectivity index (χ3v) is 5.38. The fourth-order valence-corrected chi connectivity index (χ4v) is 3.64. The third kappa shape index (κ3) is 6.42. The van der Waals surface area contributed by atoms with E-state index in [1.807, 2.05) is 44.2 Å². The van der Waals surface area contributed by atoms with E-state index < -0.39 is 5.97 Å². The maximum absolute atomic E-state index is 12.3. The van der Waals surface area contributed by atoms with Crippen molar-refractivity contribution in [1.29, 1.82) is 0 Å².